The van der Waals surface area contributed by atoms with Crippen LogP contribution >= 0.6 is 23.4 Å². The Hall–Kier alpha value is -3.68. The second kappa shape index (κ2) is 13.0. The van der Waals surface area contributed by atoms with Crippen LogP contribution in [0.1, 0.15) is 24.0 Å². The van der Waals surface area contributed by atoms with E-state index in [1.165, 1.54) is 7.11 Å². The number of hydrogen-bond donors (Lipinski definition) is 2. The Labute approximate surface area is 224 Å². The van der Waals surface area contributed by atoms with Crippen molar-refractivity contribution in [1.29, 1.82) is 5.26 Å². The summed E-state index contributed by atoms with van der Waals surface area (Å²) >= 11 is 7.35. The summed E-state index contributed by atoms with van der Waals surface area (Å²) in [6.07, 6.45) is 0. The molecule has 9 nitrogen and oxygen atoms in total. The zero-order valence-electron chi connectivity index (χ0n) is 20.5. The lowest BCUT2D eigenvalue weighted by atomic mass is 9.78. The van der Waals surface area contributed by atoms with Crippen LogP contribution in [0.5, 0.6) is 11.5 Å². The number of thioether (sulfide) groups is 1. The number of esters is 1. The number of nitrogens with one attached hydrogen (secondary N) is 2. The van der Waals surface area contributed by atoms with Crippen molar-refractivity contribution in [2.75, 3.05) is 26.6 Å². The fraction of sp³-hybridized carbons (Fsp3) is 0.308. The molecule has 0 saturated carbocycles. The summed E-state index contributed by atoms with van der Waals surface area (Å²) < 4.78 is 15.4. The molecule has 0 radical (unpaired) electrons. The lowest BCUT2D eigenvalue weighted by Crippen LogP contribution is -2.44. The van der Waals surface area contributed by atoms with Gasteiger partial charge in [0.05, 0.1) is 48.3 Å². The molecule has 2 atom stereocenters. The zero-order chi connectivity index (χ0) is 26.9. The van der Waals surface area contributed by atoms with Gasteiger partial charge in [0.1, 0.15) is 17.4 Å². The summed E-state index contributed by atoms with van der Waals surface area (Å²) in [7, 11) is 2.75. The number of halogens is 1. The first-order valence-electron chi connectivity index (χ1n) is 11.3. The van der Waals surface area contributed by atoms with Crippen molar-refractivity contribution in [2.45, 2.75) is 19.4 Å². The van der Waals surface area contributed by atoms with E-state index in [4.69, 9.17) is 25.8 Å². The third-order valence-electron chi connectivity index (χ3n) is 5.59. The zero-order valence-corrected chi connectivity index (χ0v) is 22.1. The van der Waals surface area contributed by atoms with Gasteiger partial charge in [0.2, 0.25) is 11.8 Å². The molecular formula is C26H26ClN3O6S. The van der Waals surface area contributed by atoms with Crippen LogP contribution in [-0.2, 0) is 25.7 Å². The van der Waals surface area contributed by atoms with Gasteiger partial charge in [0, 0.05) is 12.5 Å². The molecule has 0 unspecified atom stereocenters. The summed E-state index contributed by atoms with van der Waals surface area (Å²) in [5.41, 5.74) is 1.48. The summed E-state index contributed by atoms with van der Waals surface area (Å²) in [6, 6.07) is 14.2. The van der Waals surface area contributed by atoms with Gasteiger partial charge in [0.15, 0.2) is 0 Å². The van der Waals surface area contributed by atoms with Crippen molar-refractivity contribution in [3.8, 4) is 17.6 Å². The molecule has 0 saturated heterocycles. The number of carbonyl (C=O) groups excluding carboxylic acids is 3. The van der Waals surface area contributed by atoms with E-state index in [2.05, 4.69) is 16.7 Å². The van der Waals surface area contributed by atoms with E-state index in [0.717, 1.165) is 17.3 Å². The number of amides is 2. The summed E-state index contributed by atoms with van der Waals surface area (Å²) in [4.78, 5) is 38.0. The third-order valence-corrected chi connectivity index (χ3v) is 6.91. The van der Waals surface area contributed by atoms with E-state index >= 15 is 0 Å². The fourth-order valence-electron chi connectivity index (χ4n) is 3.80. The molecule has 3 rings (SSSR count). The molecule has 0 aliphatic carbocycles. The highest BCUT2D eigenvalue weighted by molar-refractivity contribution is 8.03. The van der Waals surface area contributed by atoms with Gasteiger partial charge in [-0.15, -0.1) is 0 Å². The van der Waals surface area contributed by atoms with Crippen molar-refractivity contribution in [3.05, 3.63) is 69.2 Å². The second-order valence-electron chi connectivity index (χ2n) is 7.86. The van der Waals surface area contributed by atoms with Gasteiger partial charge in [-0.05, 0) is 42.3 Å². The number of benzene rings is 2. The summed E-state index contributed by atoms with van der Waals surface area (Å²) in [5, 5.41) is 15.9. The van der Waals surface area contributed by atoms with Crippen LogP contribution in [0.25, 0.3) is 0 Å². The van der Waals surface area contributed by atoms with Crippen molar-refractivity contribution in [1.82, 2.24) is 10.6 Å². The average Bonchev–Trinajstić information content (AvgIpc) is 2.91. The van der Waals surface area contributed by atoms with Crippen LogP contribution in [0.4, 0.5) is 0 Å². The normalized spacial score (nSPS) is 16.9. The maximum Gasteiger partial charge on any atom is 0.319 e. The molecular weight excluding hydrogens is 518 g/mol. The van der Waals surface area contributed by atoms with Crippen molar-refractivity contribution in [2.24, 2.45) is 5.92 Å². The van der Waals surface area contributed by atoms with E-state index in [-0.39, 0.29) is 27.3 Å². The van der Waals surface area contributed by atoms with E-state index < -0.39 is 23.7 Å². The quantitative estimate of drug-likeness (QED) is 0.344. The standard InChI is InChI=1S/C26H26ClN3O6S/c1-4-36-20-10-7-16(11-19(20)27)22-18(12-28)25(30-24(32)23(22)26(33)35-3)37-14-21(31)29-13-15-5-8-17(34-2)9-6-15/h5-11,22-23H,4,13-14H2,1-3H3,(H,29,31)(H,30,32)/t22-,23+/m1/s1. The highest BCUT2D eigenvalue weighted by Crippen LogP contribution is 2.42. The maximum atomic E-state index is 13.0. The van der Waals surface area contributed by atoms with Crippen LogP contribution in [0.15, 0.2) is 53.1 Å². The number of allylic oxidation sites excluding steroid dienone is 1. The Kier molecular flexibility index (Phi) is 9.83. The van der Waals surface area contributed by atoms with Gasteiger partial charge in [0.25, 0.3) is 0 Å². The summed E-state index contributed by atoms with van der Waals surface area (Å²) in [5.74, 6) is -2.89. The predicted molar refractivity (Wildman–Crippen MR) is 139 cm³/mol. The molecule has 2 amide bonds. The number of nitriles is 1. The van der Waals surface area contributed by atoms with E-state index in [1.807, 2.05) is 19.1 Å². The Morgan fingerprint density at radius 3 is 2.51 bits per heavy atom. The molecule has 2 aromatic carbocycles. The minimum Gasteiger partial charge on any atom is -0.497 e. The Morgan fingerprint density at radius 2 is 1.92 bits per heavy atom. The topological polar surface area (TPSA) is 127 Å². The number of methoxy groups -OCH3 is 2. The van der Waals surface area contributed by atoms with Crippen LogP contribution in [0, 0.1) is 17.2 Å². The van der Waals surface area contributed by atoms with Crippen LogP contribution < -0.4 is 20.1 Å². The van der Waals surface area contributed by atoms with Gasteiger partial charge < -0.3 is 24.8 Å². The molecule has 194 valence electrons. The third kappa shape index (κ3) is 6.76. The molecule has 2 aromatic rings. The first kappa shape index (κ1) is 27.9. The van der Waals surface area contributed by atoms with E-state index in [0.29, 0.717) is 30.2 Å². The number of hydrogen-bond acceptors (Lipinski definition) is 8. The lowest BCUT2D eigenvalue weighted by Gasteiger charge is -2.31. The smallest absolute Gasteiger partial charge is 0.319 e. The molecule has 0 fully saturated rings. The van der Waals surface area contributed by atoms with Gasteiger partial charge in [-0.25, -0.2) is 0 Å². The lowest BCUT2D eigenvalue weighted by molar-refractivity contribution is -0.150. The van der Waals surface area contributed by atoms with Crippen LogP contribution in [0.3, 0.4) is 0 Å². The fourth-order valence-corrected chi connectivity index (χ4v) is 4.92. The van der Waals surface area contributed by atoms with Crippen molar-refractivity contribution < 1.29 is 28.6 Å². The number of rotatable bonds is 10. The predicted octanol–water partition coefficient (Wildman–Crippen LogP) is 3.53. The largest absolute Gasteiger partial charge is 0.497 e. The SMILES string of the molecule is CCOc1ccc([C@@H]2C(C#N)=C(SCC(=O)NCc3ccc(OC)cc3)NC(=O)[C@H]2C(=O)OC)cc1Cl. The highest BCUT2D eigenvalue weighted by atomic mass is 35.5. The van der Waals surface area contributed by atoms with Crippen molar-refractivity contribution in [3.63, 3.8) is 0 Å². The van der Waals surface area contributed by atoms with Crippen molar-refractivity contribution >= 4 is 41.1 Å². The number of nitrogens with zero attached hydrogens (tertiary/aromatic N) is 1. The first-order chi connectivity index (χ1) is 17.8. The van der Waals surface area contributed by atoms with Crippen LogP contribution in [0.2, 0.25) is 5.02 Å². The van der Waals surface area contributed by atoms with E-state index in [1.54, 1.807) is 37.4 Å². The second-order valence-corrected chi connectivity index (χ2v) is 9.25. The minimum atomic E-state index is -1.30. The number of carbonyl (C=O) groups is 3. The maximum absolute atomic E-state index is 13.0. The van der Waals surface area contributed by atoms with Gasteiger partial charge in [-0.1, -0.05) is 41.6 Å². The monoisotopic (exact) mass is 543 g/mol. The van der Waals surface area contributed by atoms with Gasteiger partial charge in [-0.3, -0.25) is 14.4 Å². The summed E-state index contributed by atoms with van der Waals surface area (Å²) in [6.45, 7) is 2.52. The molecule has 1 heterocycles. The highest BCUT2D eigenvalue weighted by Gasteiger charge is 2.44. The van der Waals surface area contributed by atoms with Gasteiger partial charge in [-0.2, -0.15) is 5.26 Å². The molecule has 0 bridgehead atoms. The molecule has 1 aliphatic heterocycles. The molecule has 37 heavy (non-hydrogen) atoms. The Morgan fingerprint density at radius 1 is 1.19 bits per heavy atom. The molecule has 0 spiro atoms. The van der Waals surface area contributed by atoms with E-state index in [9.17, 15) is 19.6 Å². The molecule has 11 heteroatoms. The molecule has 1 aliphatic rings. The Bertz CT molecular complexity index is 1240. The number of ether oxygens (including phenoxy) is 3. The average molecular weight is 544 g/mol. The van der Waals surface area contributed by atoms with Crippen LogP contribution in [-0.4, -0.2) is 44.4 Å². The first-order valence-corrected chi connectivity index (χ1v) is 12.7. The van der Waals surface area contributed by atoms with Gasteiger partial charge >= 0.3 is 5.97 Å². The minimum absolute atomic E-state index is 0.0589. The Balaban J connectivity index is 1.82. The molecule has 0 aromatic heterocycles. The molecule has 2 N–H and O–H groups in total.